The van der Waals surface area contributed by atoms with Crippen molar-refractivity contribution < 1.29 is 0 Å². The van der Waals surface area contributed by atoms with E-state index in [-0.39, 0.29) is 0 Å². The van der Waals surface area contributed by atoms with Crippen LogP contribution in [-0.2, 0) is 0 Å². The summed E-state index contributed by atoms with van der Waals surface area (Å²) in [6, 6.07) is 2.23. The molecule has 4 nitrogen and oxygen atoms in total. The predicted molar refractivity (Wildman–Crippen MR) is 48.1 cm³/mol. The summed E-state index contributed by atoms with van der Waals surface area (Å²) in [4.78, 5) is 8.55. The molecule has 0 aromatic carbocycles. The van der Waals surface area contributed by atoms with Crippen molar-refractivity contribution in [3.05, 3.63) is 24.3 Å². The van der Waals surface area contributed by atoms with Crippen molar-refractivity contribution in [2.24, 2.45) is 5.41 Å². The van der Waals surface area contributed by atoms with Gasteiger partial charge in [0.2, 0.25) is 0 Å². The van der Waals surface area contributed by atoms with Crippen molar-refractivity contribution >= 4 is 0 Å². The molecule has 1 atom stereocenters. The summed E-state index contributed by atoms with van der Waals surface area (Å²) in [5, 5.41) is 6.70. The fourth-order valence-corrected chi connectivity index (χ4v) is 2.09. The highest BCUT2D eigenvalue weighted by atomic mass is 15.2. The molecule has 0 aliphatic carbocycles. The molecule has 3 rings (SSSR count). The Labute approximate surface area is 76.8 Å². The van der Waals surface area contributed by atoms with E-state index in [2.05, 4.69) is 20.6 Å². The zero-order valence-electron chi connectivity index (χ0n) is 7.33. The molecule has 0 bridgehead atoms. The lowest BCUT2D eigenvalue weighted by Crippen LogP contribution is -2.71. The SMILES string of the molecule is c1cnc(C2NCC23CNC3)nc1. The van der Waals surface area contributed by atoms with Gasteiger partial charge in [0.25, 0.3) is 0 Å². The van der Waals surface area contributed by atoms with E-state index in [4.69, 9.17) is 0 Å². The van der Waals surface area contributed by atoms with Gasteiger partial charge in [0.05, 0.1) is 6.04 Å². The zero-order valence-corrected chi connectivity index (χ0v) is 7.33. The molecule has 2 saturated heterocycles. The molecule has 1 unspecified atom stereocenters. The van der Waals surface area contributed by atoms with Crippen molar-refractivity contribution in [3.63, 3.8) is 0 Å². The summed E-state index contributed by atoms with van der Waals surface area (Å²) in [6.45, 7) is 3.30. The van der Waals surface area contributed by atoms with E-state index in [1.165, 1.54) is 0 Å². The summed E-state index contributed by atoms with van der Waals surface area (Å²) < 4.78 is 0. The second kappa shape index (κ2) is 2.49. The molecule has 2 N–H and O–H groups in total. The quantitative estimate of drug-likeness (QED) is 0.617. The first-order chi connectivity index (χ1) is 6.41. The highest BCUT2D eigenvalue weighted by Crippen LogP contribution is 2.42. The molecular formula is C9H12N4. The summed E-state index contributed by atoms with van der Waals surface area (Å²) in [6.07, 6.45) is 3.62. The van der Waals surface area contributed by atoms with Crippen LogP contribution < -0.4 is 10.6 Å². The van der Waals surface area contributed by atoms with Crippen molar-refractivity contribution in [3.8, 4) is 0 Å². The lowest BCUT2D eigenvalue weighted by Gasteiger charge is -2.55. The highest BCUT2D eigenvalue weighted by Gasteiger charge is 2.52. The van der Waals surface area contributed by atoms with Gasteiger partial charge in [0.1, 0.15) is 5.82 Å². The maximum atomic E-state index is 4.28. The van der Waals surface area contributed by atoms with Gasteiger partial charge in [-0.3, -0.25) is 0 Å². The van der Waals surface area contributed by atoms with E-state index in [0.717, 1.165) is 25.5 Å². The zero-order chi connectivity index (χ0) is 8.73. The third kappa shape index (κ3) is 0.927. The maximum absolute atomic E-state index is 4.28. The van der Waals surface area contributed by atoms with Crippen LogP contribution in [0.3, 0.4) is 0 Å². The van der Waals surface area contributed by atoms with Crippen molar-refractivity contribution in [1.82, 2.24) is 20.6 Å². The van der Waals surface area contributed by atoms with Crippen LogP contribution in [-0.4, -0.2) is 29.6 Å². The van der Waals surface area contributed by atoms with E-state index in [9.17, 15) is 0 Å². The molecule has 1 aromatic rings. The van der Waals surface area contributed by atoms with Gasteiger partial charge < -0.3 is 10.6 Å². The minimum absolute atomic E-state index is 0.370. The normalized spacial score (nSPS) is 29.4. The van der Waals surface area contributed by atoms with Gasteiger partial charge >= 0.3 is 0 Å². The topological polar surface area (TPSA) is 49.8 Å². The first-order valence-electron chi connectivity index (χ1n) is 4.62. The number of hydrogen-bond acceptors (Lipinski definition) is 4. The van der Waals surface area contributed by atoms with Crippen LogP contribution in [0.4, 0.5) is 0 Å². The van der Waals surface area contributed by atoms with Gasteiger partial charge in [-0.2, -0.15) is 0 Å². The average Bonchev–Trinajstić information content (AvgIpc) is 2.01. The fourth-order valence-electron chi connectivity index (χ4n) is 2.09. The van der Waals surface area contributed by atoms with Gasteiger partial charge in [-0.15, -0.1) is 0 Å². The maximum Gasteiger partial charge on any atom is 0.145 e. The van der Waals surface area contributed by atoms with E-state index >= 15 is 0 Å². The smallest absolute Gasteiger partial charge is 0.145 e. The largest absolute Gasteiger partial charge is 0.315 e. The first kappa shape index (κ1) is 7.41. The Morgan fingerprint density at radius 1 is 1.23 bits per heavy atom. The number of nitrogens with one attached hydrogen (secondary N) is 2. The van der Waals surface area contributed by atoms with E-state index in [1.807, 2.05) is 18.5 Å². The van der Waals surface area contributed by atoms with Crippen molar-refractivity contribution in [2.75, 3.05) is 19.6 Å². The molecule has 4 heteroatoms. The van der Waals surface area contributed by atoms with E-state index in [0.29, 0.717) is 11.5 Å². The summed E-state index contributed by atoms with van der Waals surface area (Å²) in [5.74, 6) is 0.940. The second-order valence-corrected chi connectivity index (χ2v) is 3.89. The number of hydrogen-bond donors (Lipinski definition) is 2. The first-order valence-corrected chi connectivity index (χ1v) is 4.62. The Bertz CT molecular complexity index is 301. The van der Waals surface area contributed by atoms with Gasteiger partial charge in [0, 0.05) is 37.4 Å². The van der Waals surface area contributed by atoms with Gasteiger partial charge in [-0.1, -0.05) is 0 Å². The van der Waals surface area contributed by atoms with Crippen LogP contribution in [0.15, 0.2) is 18.5 Å². The molecule has 2 aliphatic rings. The predicted octanol–water partition coefficient (Wildman–Crippen LogP) is -0.290. The molecule has 13 heavy (non-hydrogen) atoms. The molecular weight excluding hydrogens is 164 g/mol. The van der Waals surface area contributed by atoms with Crippen LogP contribution >= 0.6 is 0 Å². The fraction of sp³-hybridized carbons (Fsp3) is 0.556. The molecule has 2 fully saturated rings. The molecule has 2 aliphatic heterocycles. The Hall–Kier alpha value is -1.00. The molecule has 68 valence electrons. The van der Waals surface area contributed by atoms with Gasteiger partial charge in [0.15, 0.2) is 0 Å². The van der Waals surface area contributed by atoms with Gasteiger partial charge in [-0.05, 0) is 6.07 Å². The standard InChI is InChI=1S/C9H12N4/c1-2-11-8(12-3-1)7-9(6-13-7)4-10-5-9/h1-3,7,10,13H,4-6H2. The van der Waals surface area contributed by atoms with Crippen molar-refractivity contribution in [2.45, 2.75) is 6.04 Å². The lowest BCUT2D eigenvalue weighted by atomic mass is 9.68. The third-order valence-electron chi connectivity index (χ3n) is 3.07. The minimum Gasteiger partial charge on any atom is -0.315 e. The van der Waals surface area contributed by atoms with Gasteiger partial charge in [-0.25, -0.2) is 9.97 Å². The minimum atomic E-state index is 0.370. The second-order valence-electron chi connectivity index (χ2n) is 3.89. The van der Waals surface area contributed by atoms with Crippen LogP contribution in [0.25, 0.3) is 0 Å². The van der Waals surface area contributed by atoms with Crippen LogP contribution in [0.1, 0.15) is 11.9 Å². The molecule has 0 radical (unpaired) electrons. The molecule has 0 saturated carbocycles. The Kier molecular flexibility index (Phi) is 1.42. The number of nitrogens with zero attached hydrogens (tertiary/aromatic N) is 2. The number of rotatable bonds is 1. The number of aromatic nitrogens is 2. The summed E-state index contributed by atoms with van der Waals surface area (Å²) >= 11 is 0. The monoisotopic (exact) mass is 176 g/mol. The molecule has 1 aromatic heterocycles. The van der Waals surface area contributed by atoms with Crippen LogP contribution in [0.2, 0.25) is 0 Å². The Balaban J connectivity index is 1.87. The van der Waals surface area contributed by atoms with Crippen molar-refractivity contribution in [1.29, 1.82) is 0 Å². The molecule has 0 amide bonds. The average molecular weight is 176 g/mol. The Morgan fingerprint density at radius 3 is 2.46 bits per heavy atom. The lowest BCUT2D eigenvalue weighted by molar-refractivity contribution is 0.0159. The highest BCUT2D eigenvalue weighted by molar-refractivity contribution is 5.16. The van der Waals surface area contributed by atoms with Crippen LogP contribution in [0.5, 0.6) is 0 Å². The summed E-state index contributed by atoms with van der Waals surface area (Å²) in [7, 11) is 0. The van der Waals surface area contributed by atoms with E-state index < -0.39 is 0 Å². The Morgan fingerprint density at radius 2 is 2.00 bits per heavy atom. The van der Waals surface area contributed by atoms with Crippen LogP contribution in [0, 0.1) is 5.41 Å². The molecule has 3 heterocycles. The summed E-state index contributed by atoms with van der Waals surface area (Å²) in [5.41, 5.74) is 0.418. The third-order valence-corrected chi connectivity index (χ3v) is 3.07. The molecule has 1 spiro atoms. The van der Waals surface area contributed by atoms with E-state index in [1.54, 1.807) is 0 Å².